The molecule has 1 aromatic rings. The van der Waals surface area contributed by atoms with E-state index >= 15 is 0 Å². The van der Waals surface area contributed by atoms with Crippen molar-refractivity contribution in [2.75, 3.05) is 37.6 Å². The summed E-state index contributed by atoms with van der Waals surface area (Å²) in [4.78, 5) is 5.00. The molecule has 2 rings (SSSR count). The van der Waals surface area contributed by atoms with E-state index in [2.05, 4.69) is 66.8 Å². The van der Waals surface area contributed by atoms with Gasteiger partial charge in [0.15, 0.2) is 0 Å². The smallest absolute Gasteiger partial charge is 0.0409 e. The molecule has 4 heteroatoms. The first-order chi connectivity index (χ1) is 8.24. The highest BCUT2D eigenvalue weighted by atomic mass is 79.9. The third kappa shape index (κ3) is 3.24. The lowest BCUT2D eigenvalue weighted by Gasteiger charge is -2.36. The van der Waals surface area contributed by atoms with Gasteiger partial charge in [0, 0.05) is 41.7 Å². The Hall–Kier alpha value is -0.0600. The molecule has 0 aromatic heterocycles. The molecule has 2 nitrogen and oxygen atoms in total. The van der Waals surface area contributed by atoms with Gasteiger partial charge in [0.1, 0.15) is 0 Å². The number of hydrogen-bond acceptors (Lipinski definition) is 2. The number of anilines is 1. The van der Waals surface area contributed by atoms with Crippen LogP contribution >= 0.6 is 31.9 Å². The first-order valence-corrected chi connectivity index (χ1v) is 7.97. The van der Waals surface area contributed by atoms with Crippen molar-refractivity contribution in [3.8, 4) is 0 Å². The third-order valence-corrected chi connectivity index (χ3v) is 4.44. The Morgan fingerprint density at radius 2 is 1.88 bits per heavy atom. The second kappa shape index (κ2) is 6.21. The molecule has 0 N–H and O–H groups in total. The summed E-state index contributed by atoms with van der Waals surface area (Å²) < 4.78 is 1.16. The molecule has 17 heavy (non-hydrogen) atoms. The number of halogens is 2. The molecule has 94 valence electrons. The van der Waals surface area contributed by atoms with Crippen LogP contribution in [0.3, 0.4) is 0 Å². The van der Waals surface area contributed by atoms with Gasteiger partial charge in [-0.2, -0.15) is 0 Å². The fourth-order valence-corrected chi connectivity index (χ4v) is 3.13. The molecule has 1 saturated heterocycles. The number of rotatable bonds is 3. The monoisotopic (exact) mass is 360 g/mol. The van der Waals surface area contributed by atoms with E-state index < -0.39 is 0 Å². The Morgan fingerprint density at radius 3 is 2.47 bits per heavy atom. The van der Waals surface area contributed by atoms with Crippen LogP contribution in [0.15, 0.2) is 22.7 Å². The Kier molecular flexibility index (Phi) is 4.88. The Balaban J connectivity index is 2.12. The van der Waals surface area contributed by atoms with Crippen molar-refractivity contribution >= 4 is 37.5 Å². The van der Waals surface area contributed by atoms with Crippen molar-refractivity contribution in [2.24, 2.45) is 0 Å². The zero-order valence-electron chi connectivity index (χ0n) is 10.1. The molecule has 0 unspecified atom stereocenters. The normalized spacial score (nSPS) is 17.5. The van der Waals surface area contributed by atoms with Crippen LogP contribution in [0.25, 0.3) is 0 Å². The Morgan fingerprint density at radius 1 is 1.18 bits per heavy atom. The van der Waals surface area contributed by atoms with E-state index in [1.165, 1.54) is 30.9 Å². The second-order valence-corrected chi connectivity index (χ2v) is 5.80. The fraction of sp³-hybridized carbons (Fsp3) is 0.538. The van der Waals surface area contributed by atoms with Crippen LogP contribution in [0, 0.1) is 0 Å². The van der Waals surface area contributed by atoms with Crippen LogP contribution in [0.2, 0.25) is 0 Å². The number of likely N-dealkylation sites (N-methyl/N-ethyl adjacent to an activating group) is 1. The Bertz CT molecular complexity index is 374. The van der Waals surface area contributed by atoms with E-state index in [1.54, 1.807) is 0 Å². The lowest BCUT2D eigenvalue weighted by Crippen LogP contribution is -2.46. The van der Waals surface area contributed by atoms with Gasteiger partial charge >= 0.3 is 0 Å². The average Bonchev–Trinajstić information content (AvgIpc) is 2.39. The fourth-order valence-electron chi connectivity index (χ4n) is 2.27. The van der Waals surface area contributed by atoms with Gasteiger partial charge in [0.2, 0.25) is 0 Å². The van der Waals surface area contributed by atoms with E-state index in [-0.39, 0.29) is 0 Å². The zero-order chi connectivity index (χ0) is 12.3. The van der Waals surface area contributed by atoms with E-state index in [4.69, 9.17) is 0 Å². The van der Waals surface area contributed by atoms with E-state index in [9.17, 15) is 0 Å². The quantitative estimate of drug-likeness (QED) is 0.760. The molecule has 0 aliphatic carbocycles. The molecular weight excluding hydrogens is 344 g/mol. The summed E-state index contributed by atoms with van der Waals surface area (Å²) in [5.74, 6) is 0. The van der Waals surface area contributed by atoms with Crippen LogP contribution in [-0.4, -0.2) is 37.6 Å². The highest BCUT2D eigenvalue weighted by molar-refractivity contribution is 9.10. The summed E-state index contributed by atoms with van der Waals surface area (Å²) in [6, 6.07) is 6.56. The van der Waals surface area contributed by atoms with Gasteiger partial charge in [-0.05, 0) is 30.3 Å². The van der Waals surface area contributed by atoms with Crippen molar-refractivity contribution in [1.82, 2.24) is 4.90 Å². The molecule has 0 saturated carbocycles. The van der Waals surface area contributed by atoms with Gasteiger partial charge in [-0.15, -0.1) is 0 Å². The maximum Gasteiger partial charge on any atom is 0.0409 e. The maximum absolute atomic E-state index is 3.58. The van der Waals surface area contributed by atoms with E-state index in [0.29, 0.717) is 0 Å². The summed E-state index contributed by atoms with van der Waals surface area (Å²) >= 11 is 7.11. The first kappa shape index (κ1) is 13.4. The minimum atomic E-state index is 0.912. The van der Waals surface area contributed by atoms with Gasteiger partial charge in [0.05, 0.1) is 0 Å². The first-order valence-electron chi connectivity index (χ1n) is 6.06. The van der Waals surface area contributed by atoms with E-state index in [1.807, 2.05) is 0 Å². The van der Waals surface area contributed by atoms with Crippen LogP contribution in [0.4, 0.5) is 5.69 Å². The SMILES string of the molecule is CCN1CCN(c2ccc(Br)cc2CBr)CC1. The maximum atomic E-state index is 3.58. The number of hydrogen-bond donors (Lipinski definition) is 0. The molecule has 0 amide bonds. The number of benzene rings is 1. The van der Waals surface area contributed by atoms with Crippen molar-refractivity contribution in [3.05, 3.63) is 28.2 Å². The largest absolute Gasteiger partial charge is 0.369 e. The highest BCUT2D eigenvalue weighted by Gasteiger charge is 2.17. The van der Waals surface area contributed by atoms with Gasteiger partial charge in [0.25, 0.3) is 0 Å². The predicted molar refractivity (Wildman–Crippen MR) is 81.1 cm³/mol. The van der Waals surface area contributed by atoms with Crippen molar-refractivity contribution in [2.45, 2.75) is 12.3 Å². The standard InChI is InChI=1S/C13H18Br2N2/c1-2-16-5-7-17(8-6-16)13-4-3-12(15)9-11(13)10-14/h3-4,9H,2,5-8,10H2,1H3. The minimum Gasteiger partial charge on any atom is -0.369 e. The summed E-state index contributed by atoms with van der Waals surface area (Å²) in [5.41, 5.74) is 2.74. The van der Waals surface area contributed by atoms with Crippen molar-refractivity contribution in [3.63, 3.8) is 0 Å². The van der Waals surface area contributed by atoms with Gasteiger partial charge < -0.3 is 9.80 Å². The molecule has 1 aliphatic rings. The topological polar surface area (TPSA) is 6.48 Å². The Labute approximate surface area is 120 Å². The molecule has 0 spiro atoms. The van der Waals surface area contributed by atoms with Gasteiger partial charge in [-0.3, -0.25) is 0 Å². The average molecular weight is 362 g/mol. The molecule has 1 fully saturated rings. The lowest BCUT2D eigenvalue weighted by molar-refractivity contribution is 0.271. The zero-order valence-corrected chi connectivity index (χ0v) is 13.3. The van der Waals surface area contributed by atoms with E-state index in [0.717, 1.165) is 22.9 Å². The van der Waals surface area contributed by atoms with Crippen LogP contribution < -0.4 is 4.90 Å². The third-order valence-electron chi connectivity index (χ3n) is 3.35. The number of piperazine rings is 1. The summed E-state index contributed by atoms with van der Waals surface area (Å²) in [6.45, 7) is 8.02. The van der Waals surface area contributed by atoms with Crippen LogP contribution in [0.5, 0.6) is 0 Å². The van der Waals surface area contributed by atoms with Crippen LogP contribution in [0.1, 0.15) is 12.5 Å². The summed E-state index contributed by atoms with van der Waals surface area (Å²) in [5, 5.41) is 0.912. The van der Waals surface area contributed by atoms with Gasteiger partial charge in [-0.25, -0.2) is 0 Å². The van der Waals surface area contributed by atoms with Crippen molar-refractivity contribution < 1.29 is 0 Å². The molecule has 1 aromatic carbocycles. The highest BCUT2D eigenvalue weighted by Crippen LogP contribution is 2.27. The lowest BCUT2D eigenvalue weighted by atomic mass is 10.1. The molecular formula is C13H18Br2N2. The number of alkyl halides is 1. The second-order valence-electron chi connectivity index (χ2n) is 4.33. The van der Waals surface area contributed by atoms with Crippen molar-refractivity contribution in [1.29, 1.82) is 0 Å². The predicted octanol–water partition coefficient (Wildman–Crippen LogP) is 3.49. The summed E-state index contributed by atoms with van der Waals surface area (Å²) in [7, 11) is 0. The minimum absolute atomic E-state index is 0.912. The van der Waals surface area contributed by atoms with Gasteiger partial charge in [-0.1, -0.05) is 38.8 Å². The molecule has 0 atom stereocenters. The molecule has 0 bridgehead atoms. The van der Waals surface area contributed by atoms with Crippen LogP contribution in [-0.2, 0) is 5.33 Å². The molecule has 0 radical (unpaired) electrons. The molecule has 1 heterocycles. The number of nitrogens with zero attached hydrogens (tertiary/aromatic N) is 2. The summed E-state index contributed by atoms with van der Waals surface area (Å²) in [6.07, 6.45) is 0. The molecule has 1 aliphatic heterocycles.